The van der Waals surface area contributed by atoms with Crippen molar-refractivity contribution in [3.63, 3.8) is 0 Å². The summed E-state index contributed by atoms with van der Waals surface area (Å²) in [7, 11) is 0. The van der Waals surface area contributed by atoms with Crippen LogP contribution in [-0.4, -0.2) is 11.5 Å². The molecule has 0 bridgehead atoms. The molecule has 1 aliphatic rings. The third-order valence-corrected chi connectivity index (χ3v) is 4.26. The van der Waals surface area contributed by atoms with E-state index in [1.54, 1.807) is 6.07 Å². The number of benzene rings is 1. The largest absolute Gasteiger partial charge is 0.324 e. The second-order valence-corrected chi connectivity index (χ2v) is 5.30. The third-order valence-electron chi connectivity index (χ3n) is 3.07. The zero-order valence-corrected chi connectivity index (χ0v) is 9.69. The Morgan fingerprint density at radius 2 is 2.33 bits per heavy atom. The number of rotatable bonds is 2. The minimum atomic E-state index is -0.184. The highest BCUT2D eigenvalue weighted by atomic mass is 32.2. The Hall–Kier alpha value is -0.540. The minimum Gasteiger partial charge on any atom is -0.324 e. The van der Waals surface area contributed by atoms with Gasteiger partial charge >= 0.3 is 0 Å². The summed E-state index contributed by atoms with van der Waals surface area (Å²) in [6.45, 7) is 2.00. The molecule has 1 fully saturated rings. The van der Waals surface area contributed by atoms with Crippen molar-refractivity contribution in [2.24, 2.45) is 11.7 Å². The van der Waals surface area contributed by atoms with Gasteiger partial charge in [0.25, 0.3) is 0 Å². The van der Waals surface area contributed by atoms with Crippen molar-refractivity contribution in [3.05, 3.63) is 35.1 Å². The monoisotopic (exact) mass is 225 g/mol. The molecular weight excluding hydrogens is 209 g/mol. The quantitative estimate of drug-likeness (QED) is 0.837. The van der Waals surface area contributed by atoms with Gasteiger partial charge in [-0.3, -0.25) is 0 Å². The Balaban J connectivity index is 2.23. The van der Waals surface area contributed by atoms with Crippen molar-refractivity contribution >= 4 is 11.8 Å². The Kier molecular flexibility index (Phi) is 3.32. The molecule has 2 rings (SSSR count). The maximum absolute atomic E-state index is 13.1. The number of nitrogens with two attached hydrogens (primary N) is 1. The van der Waals surface area contributed by atoms with E-state index < -0.39 is 0 Å². The molecule has 2 atom stereocenters. The Labute approximate surface area is 94.2 Å². The van der Waals surface area contributed by atoms with Gasteiger partial charge in [-0.25, -0.2) is 4.39 Å². The first-order chi connectivity index (χ1) is 7.18. The highest BCUT2D eigenvalue weighted by molar-refractivity contribution is 7.99. The zero-order valence-electron chi connectivity index (χ0n) is 8.87. The molecule has 82 valence electrons. The molecule has 15 heavy (non-hydrogen) atoms. The summed E-state index contributed by atoms with van der Waals surface area (Å²) in [6, 6.07) is 4.89. The number of aryl methyl sites for hydroxylation is 1. The fraction of sp³-hybridized carbons (Fsp3) is 0.500. The van der Waals surface area contributed by atoms with E-state index in [4.69, 9.17) is 5.73 Å². The first-order valence-electron chi connectivity index (χ1n) is 5.28. The van der Waals surface area contributed by atoms with E-state index in [9.17, 15) is 4.39 Å². The summed E-state index contributed by atoms with van der Waals surface area (Å²) in [5.41, 5.74) is 8.26. The van der Waals surface area contributed by atoms with Gasteiger partial charge in [-0.15, -0.1) is 0 Å². The molecule has 1 heterocycles. The highest BCUT2D eigenvalue weighted by Gasteiger charge is 2.24. The fourth-order valence-electron chi connectivity index (χ4n) is 2.06. The van der Waals surface area contributed by atoms with Crippen molar-refractivity contribution < 1.29 is 4.39 Å². The van der Waals surface area contributed by atoms with Crippen molar-refractivity contribution in [3.8, 4) is 0 Å². The molecule has 3 heteroatoms. The normalized spacial score (nSPS) is 23.0. The smallest absolute Gasteiger partial charge is 0.123 e. The second kappa shape index (κ2) is 4.54. The maximum atomic E-state index is 13.1. The van der Waals surface area contributed by atoms with Gasteiger partial charge in [-0.05, 0) is 54.0 Å². The van der Waals surface area contributed by atoms with Crippen LogP contribution in [0.3, 0.4) is 0 Å². The van der Waals surface area contributed by atoms with Crippen LogP contribution < -0.4 is 5.73 Å². The molecule has 1 nitrogen and oxygen atoms in total. The van der Waals surface area contributed by atoms with Gasteiger partial charge < -0.3 is 5.73 Å². The molecule has 1 aliphatic heterocycles. The molecular formula is C12H16FNS. The van der Waals surface area contributed by atoms with Crippen molar-refractivity contribution in [1.82, 2.24) is 0 Å². The van der Waals surface area contributed by atoms with Gasteiger partial charge in [0.1, 0.15) is 5.82 Å². The van der Waals surface area contributed by atoms with E-state index >= 15 is 0 Å². The van der Waals surface area contributed by atoms with E-state index in [2.05, 4.69) is 0 Å². The first-order valence-corrected chi connectivity index (χ1v) is 6.43. The molecule has 1 saturated heterocycles. The van der Waals surface area contributed by atoms with E-state index in [0.717, 1.165) is 23.3 Å². The lowest BCUT2D eigenvalue weighted by Crippen LogP contribution is -2.22. The van der Waals surface area contributed by atoms with Crippen LogP contribution in [0.1, 0.15) is 23.6 Å². The molecule has 1 aromatic rings. The Morgan fingerprint density at radius 3 is 3.00 bits per heavy atom. The lowest BCUT2D eigenvalue weighted by Gasteiger charge is -2.20. The van der Waals surface area contributed by atoms with Crippen molar-refractivity contribution in [1.29, 1.82) is 0 Å². The second-order valence-electron chi connectivity index (χ2n) is 4.15. The molecule has 0 amide bonds. The van der Waals surface area contributed by atoms with Crippen molar-refractivity contribution in [2.45, 2.75) is 19.4 Å². The van der Waals surface area contributed by atoms with Crippen LogP contribution in [0.5, 0.6) is 0 Å². The number of thioether (sulfide) groups is 1. The number of halogens is 1. The van der Waals surface area contributed by atoms with Gasteiger partial charge in [0.2, 0.25) is 0 Å². The molecule has 2 unspecified atom stereocenters. The van der Waals surface area contributed by atoms with Crippen molar-refractivity contribution in [2.75, 3.05) is 11.5 Å². The summed E-state index contributed by atoms with van der Waals surface area (Å²) < 4.78 is 13.1. The van der Waals surface area contributed by atoms with Gasteiger partial charge in [0.15, 0.2) is 0 Å². The molecule has 2 N–H and O–H groups in total. The highest BCUT2D eigenvalue weighted by Crippen LogP contribution is 2.33. The molecule has 0 saturated carbocycles. The average molecular weight is 225 g/mol. The number of hydrogen-bond acceptors (Lipinski definition) is 2. The predicted molar refractivity (Wildman–Crippen MR) is 63.5 cm³/mol. The average Bonchev–Trinajstić information content (AvgIpc) is 2.74. The standard InChI is InChI=1S/C12H16FNS/c1-8-2-3-10(13)6-11(8)12(14)9-4-5-15-7-9/h2-3,6,9,12H,4-5,7,14H2,1H3. The van der Waals surface area contributed by atoms with E-state index in [0.29, 0.717) is 5.92 Å². The van der Waals surface area contributed by atoms with Crippen LogP contribution in [0.15, 0.2) is 18.2 Å². The van der Waals surface area contributed by atoms with Gasteiger partial charge in [0.05, 0.1) is 0 Å². The molecule has 0 spiro atoms. The van der Waals surface area contributed by atoms with Crippen LogP contribution in [0.2, 0.25) is 0 Å². The predicted octanol–water partition coefficient (Wildman–Crippen LogP) is 2.89. The SMILES string of the molecule is Cc1ccc(F)cc1C(N)C1CCSC1. The zero-order chi connectivity index (χ0) is 10.8. The summed E-state index contributed by atoms with van der Waals surface area (Å²) in [6.07, 6.45) is 1.15. The van der Waals surface area contributed by atoms with Crippen LogP contribution in [-0.2, 0) is 0 Å². The van der Waals surface area contributed by atoms with E-state index in [-0.39, 0.29) is 11.9 Å². The molecule has 0 aromatic heterocycles. The van der Waals surface area contributed by atoms with Crippen LogP contribution in [0, 0.1) is 18.7 Å². The van der Waals surface area contributed by atoms with Gasteiger partial charge in [0, 0.05) is 6.04 Å². The van der Waals surface area contributed by atoms with Gasteiger partial charge in [-0.2, -0.15) is 11.8 Å². The third kappa shape index (κ3) is 2.34. The lowest BCUT2D eigenvalue weighted by atomic mass is 9.90. The maximum Gasteiger partial charge on any atom is 0.123 e. The molecule has 0 radical (unpaired) electrons. The Bertz CT molecular complexity index is 347. The molecule has 0 aliphatic carbocycles. The van der Waals surface area contributed by atoms with Crippen LogP contribution in [0.4, 0.5) is 4.39 Å². The van der Waals surface area contributed by atoms with E-state index in [1.165, 1.54) is 11.8 Å². The topological polar surface area (TPSA) is 26.0 Å². The van der Waals surface area contributed by atoms with Crippen LogP contribution in [0.25, 0.3) is 0 Å². The Morgan fingerprint density at radius 1 is 1.53 bits per heavy atom. The lowest BCUT2D eigenvalue weighted by molar-refractivity contribution is 0.477. The summed E-state index contributed by atoms with van der Waals surface area (Å²) in [5, 5.41) is 0. The molecule has 1 aromatic carbocycles. The fourth-order valence-corrected chi connectivity index (χ4v) is 3.37. The van der Waals surface area contributed by atoms with Gasteiger partial charge in [-0.1, -0.05) is 6.07 Å². The first kappa shape index (κ1) is 11.0. The number of hydrogen-bond donors (Lipinski definition) is 1. The summed E-state index contributed by atoms with van der Waals surface area (Å²) >= 11 is 1.94. The minimum absolute atomic E-state index is 0.00398. The summed E-state index contributed by atoms with van der Waals surface area (Å²) in [4.78, 5) is 0. The van der Waals surface area contributed by atoms with Crippen LogP contribution >= 0.6 is 11.8 Å². The summed E-state index contributed by atoms with van der Waals surface area (Å²) in [5.74, 6) is 2.62. The van der Waals surface area contributed by atoms with E-state index in [1.807, 2.05) is 24.8 Å².